The SMILES string of the molecule is CC[C@@H](C(=O)NCc1ccco1)N(C(=O)CNS(=O)(=O)c1ccc(OC)cc1)c1ccccc1C. The Kier molecular flexibility index (Phi) is 8.67. The first-order valence-electron chi connectivity index (χ1n) is 11.1. The van der Waals surface area contributed by atoms with Gasteiger partial charge in [0.1, 0.15) is 17.6 Å². The molecular formula is C25H29N3O6S. The van der Waals surface area contributed by atoms with E-state index >= 15 is 0 Å². The first kappa shape index (κ1) is 26.0. The molecule has 9 nitrogen and oxygen atoms in total. The molecule has 0 radical (unpaired) electrons. The number of hydrogen-bond donors (Lipinski definition) is 2. The van der Waals surface area contributed by atoms with Crippen LogP contribution < -0.4 is 19.7 Å². The second-order valence-corrected chi connectivity index (χ2v) is 9.54. The lowest BCUT2D eigenvalue weighted by Gasteiger charge is -2.31. The van der Waals surface area contributed by atoms with Crippen LogP contribution in [0.25, 0.3) is 0 Å². The summed E-state index contributed by atoms with van der Waals surface area (Å²) in [6.45, 7) is 3.26. The summed E-state index contributed by atoms with van der Waals surface area (Å²) in [7, 11) is -2.48. The third-order valence-corrected chi connectivity index (χ3v) is 6.86. The molecule has 0 saturated carbocycles. The summed E-state index contributed by atoms with van der Waals surface area (Å²) < 4.78 is 38.2. The number of carbonyl (C=O) groups is 2. The van der Waals surface area contributed by atoms with Crippen LogP contribution in [0.5, 0.6) is 5.75 Å². The van der Waals surface area contributed by atoms with Crippen LogP contribution in [0.4, 0.5) is 5.69 Å². The zero-order valence-corrected chi connectivity index (χ0v) is 20.7. The van der Waals surface area contributed by atoms with Crippen LogP contribution in [-0.2, 0) is 26.2 Å². The Morgan fingerprint density at radius 1 is 1.06 bits per heavy atom. The number of carbonyl (C=O) groups excluding carboxylic acids is 2. The van der Waals surface area contributed by atoms with Crippen molar-refractivity contribution in [3.05, 3.63) is 78.3 Å². The van der Waals surface area contributed by atoms with Crippen molar-refractivity contribution < 1.29 is 27.2 Å². The molecule has 0 aliphatic heterocycles. The van der Waals surface area contributed by atoms with Crippen LogP contribution in [-0.4, -0.2) is 39.9 Å². The van der Waals surface area contributed by atoms with Crippen molar-refractivity contribution in [1.29, 1.82) is 0 Å². The van der Waals surface area contributed by atoms with E-state index in [1.54, 1.807) is 31.2 Å². The number of rotatable bonds is 11. The van der Waals surface area contributed by atoms with Gasteiger partial charge in [-0.25, -0.2) is 13.1 Å². The molecule has 186 valence electrons. The van der Waals surface area contributed by atoms with E-state index in [4.69, 9.17) is 9.15 Å². The predicted octanol–water partition coefficient (Wildman–Crippen LogP) is 3.00. The molecule has 3 aromatic rings. The number of methoxy groups -OCH3 is 1. The van der Waals surface area contributed by atoms with Gasteiger partial charge in [0, 0.05) is 5.69 Å². The van der Waals surface area contributed by atoms with E-state index in [1.165, 1.54) is 42.5 Å². The van der Waals surface area contributed by atoms with Crippen LogP contribution in [0.2, 0.25) is 0 Å². The van der Waals surface area contributed by atoms with Gasteiger partial charge in [0.05, 0.1) is 31.4 Å². The highest BCUT2D eigenvalue weighted by Gasteiger charge is 2.31. The van der Waals surface area contributed by atoms with Crippen molar-refractivity contribution in [2.75, 3.05) is 18.6 Å². The van der Waals surface area contributed by atoms with Crippen LogP contribution in [0.3, 0.4) is 0 Å². The van der Waals surface area contributed by atoms with Gasteiger partial charge in [-0.3, -0.25) is 14.5 Å². The fraction of sp³-hybridized carbons (Fsp3) is 0.280. The van der Waals surface area contributed by atoms with Gasteiger partial charge in [0.2, 0.25) is 21.8 Å². The Labute approximate surface area is 205 Å². The number of para-hydroxylation sites is 1. The number of furan rings is 1. The van der Waals surface area contributed by atoms with E-state index in [0.29, 0.717) is 23.6 Å². The minimum atomic E-state index is -3.96. The monoisotopic (exact) mass is 499 g/mol. The fourth-order valence-electron chi connectivity index (χ4n) is 3.58. The highest BCUT2D eigenvalue weighted by Crippen LogP contribution is 2.24. The highest BCUT2D eigenvalue weighted by atomic mass is 32.2. The average molecular weight is 500 g/mol. The molecule has 0 fully saturated rings. The van der Waals surface area contributed by atoms with Crippen molar-refractivity contribution in [2.24, 2.45) is 0 Å². The Morgan fingerprint density at radius 2 is 1.77 bits per heavy atom. The van der Waals surface area contributed by atoms with E-state index in [9.17, 15) is 18.0 Å². The van der Waals surface area contributed by atoms with Gasteiger partial charge < -0.3 is 14.5 Å². The van der Waals surface area contributed by atoms with Crippen LogP contribution in [0, 0.1) is 6.92 Å². The molecule has 2 N–H and O–H groups in total. The smallest absolute Gasteiger partial charge is 0.243 e. The molecule has 0 bridgehead atoms. The number of anilines is 1. The molecule has 35 heavy (non-hydrogen) atoms. The molecule has 0 saturated heterocycles. The van der Waals surface area contributed by atoms with E-state index in [0.717, 1.165) is 5.56 Å². The zero-order chi connectivity index (χ0) is 25.4. The summed E-state index contributed by atoms with van der Waals surface area (Å²) in [6.07, 6.45) is 1.83. The molecule has 1 aromatic heterocycles. The second kappa shape index (κ2) is 11.7. The van der Waals surface area contributed by atoms with Gasteiger partial charge in [-0.05, 0) is 61.4 Å². The van der Waals surface area contributed by atoms with Crippen LogP contribution in [0.15, 0.2) is 76.2 Å². The normalized spacial score (nSPS) is 12.1. The van der Waals surface area contributed by atoms with Crippen molar-refractivity contribution in [2.45, 2.75) is 37.8 Å². The standard InChI is InChI=1S/C25H29N3O6S/c1-4-22(25(30)26-16-20-9-7-15-34-20)28(23-10-6-5-8-18(23)2)24(29)17-27-35(31,32)21-13-11-19(33-3)12-14-21/h5-15,22,27H,4,16-17H2,1-3H3,(H,26,30)/t22-/m0/s1. The predicted molar refractivity (Wildman–Crippen MR) is 131 cm³/mol. The number of nitrogens with zero attached hydrogens (tertiary/aromatic N) is 1. The third kappa shape index (κ3) is 6.49. The lowest BCUT2D eigenvalue weighted by molar-refractivity contribution is -0.126. The number of benzene rings is 2. The van der Waals surface area contributed by atoms with Gasteiger partial charge in [-0.1, -0.05) is 25.1 Å². The van der Waals surface area contributed by atoms with Crippen molar-refractivity contribution >= 4 is 27.5 Å². The molecule has 0 spiro atoms. The highest BCUT2D eigenvalue weighted by molar-refractivity contribution is 7.89. The lowest BCUT2D eigenvalue weighted by atomic mass is 10.1. The summed E-state index contributed by atoms with van der Waals surface area (Å²) >= 11 is 0. The third-order valence-electron chi connectivity index (χ3n) is 5.44. The zero-order valence-electron chi connectivity index (χ0n) is 19.9. The molecule has 2 amide bonds. The molecule has 1 atom stereocenters. The summed E-state index contributed by atoms with van der Waals surface area (Å²) in [5.41, 5.74) is 1.30. The summed E-state index contributed by atoms with van der Waals surface area (Å²) in [4.78, 5) is 27.8. The molecule has 0 aliphatic carbocycles. The van der Waals surface area contributed by atoms with Gasteiger partial charge in [-0.2, -0.15) is 0 Å². The second-order valence-electron chi connectivity index (χ2n) is 7.77. The largest absolute Gasteiger partial charge is 0.497 e. The number of aryl methyl sites for hydroxylation is 1. The molecule has 1 heterocycles. The van der Waals surface area contributed by atoms with Crippen LogP contribution in [0.1, 0.15) is 24.7 Å². The lowest BCUT2D eigenvalue weighted by Crippen LogP contribution is -2.52. The quantitative estimate of drug-likeness (QED) is 0.419. The van der Waals surface area contributed by atoms with E-state index in [-0.39, 0.29) is 17.3 Å². The molecule has 10 heteroatoms. The van der Waals surface area contributed by atoms with Gasteiger partial charge in [0.15, 0.2) is 0 Å². The minimum Gasteiger partial charge on any atom is -0.497 e. The number of amides is 2. The Bertz CT molecular complexity index is 1240. The fourth-order valence-corrected chi connectivity index (χ4v) is 4.55. The number of sulfonamides is 1. The molecular weight excluding hydrogens is 470 g/mol. The maximum Gasteiger partial charge on any atom is 0.243 e. The maximum absolute atomic E-state index is 13.4. The first-order chi connectivity index (χ1) is 16.8. The van der Waals surface area contributed by atoms with Crippen molar-refractivity contribution in [1.82, 2.24) is 10.0 Å². The molecule has 2 aromatic carbocycles. The number of hydrogen-bond acceptors (Lipinski definition) is 6. The Hall–Kier alpha value is -3.63. The Morgan fingerprint density at radius 3 is 2.37 bits per heavy atom. The van der Waals surface area contributed by atoms with E-state index in [2.05, 4.69) is 10.0 Å². The minimum absolute atomic E-state index is 0.00299. The van der Waals surface area contributed by atoms with E-state index < -0.39 is 28.5 Å². The first-order valence-corrected chi connectivity index (χ1v) is 12.6. The topological polar surface area (TPSA) is 118 Å². The van der Waals surface area contributed by atoms with Crippen molar-refractivity contribution in [3.63, 3.8) is 0 Å². The summed E-state index contributed by atoms with van der Waals surface area (Å²) in [6, 6.07) is 15.6. The number of ether oxygens (including phenoxy) is 1. The van der Waals surface area contributed by atoms with Crippen molar-refractivity contribution in [3.8, 4) is 5.75 Å². The van der Waals surface area contributed by atoms with E-state index in [1.807, 2.05) is 19.1 Å². The summed E-state index contributed by atoms with van der Waals surface area (Å²) in [5, 5.41) is 2.79. The van der Waals surface area contributed by atoms with Crippen LogP contribution >= 0.6 is 0 Å². The summed E-state index contributed by atoms with van der Waals surface area (Å²) in [5.74, 6) is 0.154. The number of nitrogens with one attached hydrogen (secondary N) is 2. The average Bonchev–Trinajstić information content (AvgIpc) is 3.39. The Balaban J connectivity index is 1.82. The molecule has 0 unspecified atom stereocenters. The van der Waals surface area contributed by atoms with Gasteiger partial charge >= 0.3 is 0 Å². The maximum atomic E-state index is 13.4. The molecule has 3 rings (SSSR count). The van der Waals surface area contributed by atoms with Gasteiger partial charge in [-0.15, -0.1) is 0 Å². The van der Waals surface area contributed by atoms with Gasteiger partial charge in [0.25, 0.3) is 0 Å². The molecule has 0 aliphatic rings.